The van der Waals surface area contributed by atoms with Gasteiger partial charge in [0.1, 0.15) is 5.78 Å². The number of nitrogens with zero attached hydrogens (tertiary/aromatic N) is 1. The van der Waals surface area contributed by atoms with Crippen LogP contribution in [0.15, 0.2) is 12.1 Å². The van der Waals surface area contributed by atoms with Gasteiger partial charge in [0.25, 0.3) is 0 Å². The zero-order valence-corrected chi connectivity index (χ0v) is 11.9. The van der Waals surface area contributed by atoms with Gasteiger partial charge in [0.2, 0.25) is 0 Å². The van der Waals surface area contributed by atoms with E-state index >= 15 is 0 Å². The first-order valence-electron chi connectivity index (χ1n) is 6.46. The number of carbonyl (C=O) groups excluding carboxylic acids is 1. The monoisotopic (exact) mass is 243 g/mol. The summed E-state index contributed by atoms with van der Waals surface area (Å²) >= 11 is 0. The lowest BCUT2D eigenvalue weighted by Gasteiger charge is -2.03. The van der Waals surface area contributed by atoms with Crippen molar-refractivity contribution in [3.8, 4) is 0 Å². The lowest BCUT2D eigenvalue weighted by Crippen LogP contribution is -1.97. The van der Waals surface area contributed by atoms with Crippen molar-refractivity contribution in [2.75, 3.05) is 0 Å². The maximum atomic E-state index is 11.2. The molecule has 0 bridgehead atoms. The van der Waals surface area contributed by atoms with Gasteiger partial charge in [-0.05, 0) is 56.9 Å². The van der Waals surface area contributed by atoms with Gasteiger partial charge in [-0.3, -0.25) is 0 Å². The van der Waals surface area contributed by atoms with E-state index in [9.17, 15) is 4.79 Å². The predicted molar refractivity (Wildman–Crippen MR) is 76.1 cm³/mol. The highest BCUT2D eigenvalue weighted by Gasteiger charge is 2.14. The summed E-state index contributed by atoms with van der Waals surface area (Å²) in [7, 11) is 2.10. The quantitative estimate of drug-likeness (QED) is 0.807. The van der Waals surface area contributed by atoms with Crippen molar-refractivity contribution in [1.29, 1.82) is 0 Å². The van der Waals surface area contributed by atoms with Crippen LogP contribution in [0.5, 0.6) is 0 Å². The van der Waals surface area contributed by atoms with E-state index < -0.39 is 0 Å². The van der Waals surface area contributed by atoms with Crippen molar-refractivity contribution < 1.29 is 4.79 Å². The molecule has 0 spiro atoms. The van der Waals surface area contributed by atoms with Crippen LogP contribution in [-0.2, 0) is 18.3 Å². The number of ketones is 1. The number of carbonyl (C=O) groups is 1. The van der Waals surface area contributed by atoms with E-state index in [-0.39, 0.29) is 5.78 Å². The lowest BCUT2D eigenvalue weighted by atomic mass is 10.00. The summed E-state index contributed by atoms with van der Waals surface area (Å²) in [5.41, 5.74) is 6.50. The van der Waals surface area contributed by atoms with Crippen LogP contribution in [0.25, 0.3) is 10.9 Å². The highest BCUT2D eigenvalue weighted by atomic mass is 16.1. The van der Waals surface area contributed by atoms with Crippen molar-refractivity contribution >= 4 is 16.7 Å². The zero-order valence-electron chi connectivity index (χ0n) is 11.9. The Morgan fingerprint density at radius 3 is 2.50 bits per heavy atom. The number of Topliss-reactive ketones (excluding diaryl/α,β-unsaturated/α-hetero) is 1. The molecule has 96 valence electrons. The summed E-state index contributed by atoms with van der Waals surface area (Å²) in [5.74, 6) is 0.260. The Morgan fingerprint density at radius 2 is 1.89 bits per heavy atom. The Labute approximate surface area is 109 Å². The molecule has 0 saturated carbocycles. The molecule has 2 nitrogen and oxygen atoms in total. The molecule has 2 rings (SSSR count). The molecule has 0 N–H and O–H groups in total. The summed E-state index contributed by atoms with van der Waals surface area (Å²) in [6, 6.07) is 4.45. The van der Waals surface area contributed by atoms with E-state index in [1.165, 1.54) is 33.3 Å². The van der Waals surface area contributed by atoms with E-state index in [1.54, 1.807) is 6.92 Å². The highest BCUT2D eigenvalue weighted by molar-refractivity contribution is 5.89. The SMILES string of the molecule is CC(=O)CCc1c(C)n(C)c2cc(C)cc(C)c12. The number of aryl methyl sites for hydroxylation is 4. The first-order chi connectivity index (χ1) is 8.41. The summed E-state index contributed by atoms with van der Waals surface area (Å²) in [4.78, 5) is 11.2. The fourth-order valence-corrected chi connectivity index (χ4v) is 2.77. The fourth-order valence-electron chi connectivity index (χ4n) is 2.77. The van der Waals surface area contributed by atoms with Gasteiger partial charge in [0.05, 0.1) is 0 Å². The van der Waals surface area contributed by atoms with Crippen molar-refractivity contribution in [3.63, 3.8) is 0 Å². The second kappa shape index (κ2) is 4.60. The van der Waals surface area contributed by atoms with Crippen molar-refractivity contribution in [2.45, 2.75) is 40.5 Å². The third-order valence-electron chi connectivity index (χ3n) is 3.79. The number of hydrogen-bond donors (Lipinski definition) is 0. The normalized spacial score (nSPS) is 11.2. The van der Waals surface area contributed by atoms with E-state index in [2.05, 4.69) is 44.5 Å². The molecule has 2 heteroatoms. The standard InChI is InChI=1S/C16H21NO/c1-10-8-11(2)16-14(7-6-12(3)18)13(4)17(5)15(16)9-10/h8-9H,6-7H2,1-5H3. The zero-order chi connectivity index (χ0) is 13.4. The van der Waals surface area contributed by atoms with Crippen LogP contribution in [0.3, 0.4) is 0 Å². The highest BCUT2D eigenvalue weighted by Crippen LogP contribution is 2.30. The maximum absolute atomic E-state index is 11.2. The van der Waals surface area contributed by atoms with E-state index in [1.807, 2.05) is 0 Å². The number of hydrogen-bond acceptors (Lipinski definition) is 1. The Kier molecular flexibility index (Phi) is 3.29. The molecular formula is C16H21NO. The topological polar surface area (TPSA) is 22.0 Å². The summed E-state index contributed by atoms with van der Waals surface area (Å²) in [6.07, 6.45) is 1.48. The van der Waals surface area contributed by atoms with Gasteiger partial charge in [-0.25, -0.2) is 0 Å². The van der Waals surface area contributed by atoms with Crippen LogP contribution < -0.4 is 0 Å². The second-order valence-corrected chi connectivity index (χ2v) is 5.30. The van der Waals surface area contributed by atoms with Gasteiger partial charge in [-0.1, -0.05) is 6.07 Å². The number of rotatable bonds is 3. The average molecular weight is 243 g/mol. The minimum Gasteiger partial charge on any atom is -0.348 e. The summed E-state index contributed by atoms with van der Waals surface area (Å²) in [6.45, 7) is 8.10. The molecule has 0 fully saturated rings. The third kappa shape index (κ3) is 2.07. The van der Waals surface area contributed by atoms with Gasteiger partial charge < -0.3 is 9.36 Å². The average Bonchev–Trinajstić information content (AvgIpc) is 2.51. The number of benzene rings is 1. The fraction of sp³-hybridized carbons (Fsp3) is 0.438. The van der Waals surface area contributed by atoms with Crippen LogP contribution in [0.2, 0.25) is 0 Å². The largest absolute Gasteiger partial charge is 0.348 e. The Bertz CT molecular complexity index is 620. The molecular weight excluding hydrogens is 222 g/mol. The molecule has 0 atom stereocenters. The second-order valence-electron chi connectivity index (χ2n) is 5.30. The first-order valence-corrected chi connectivity index (χ1v) is 6.46. The van der Waals surface area contributed by atoms with Gasteiger partial charge in [-0.2, -0.15) is 0 Å². The number of fused-ring (bicyclic) bond motifs is 1. The van der Waals surface area contributed by atoms with Gasteiger partial charge in [-0.15, -0.1) is 0 Å². The van der Waals surface area contributed by atoms with Crippen LogP contribution in [0.1, 0.15) is 35.7 Å². The molecule has 0 amide bonds. The van der Waals surface area contributed by atoms with E-state index in [0.717, 1.165) is 6.42 Å². The molecule has 2 aromatic rings. The maximum Gasteiger partial charge on any atom is 0.130 e. The van der Waals surface area contributed by atoms with Crippen LogP contribution >= 0.6 is 0 Å². The lowest BCUT2D eigenvalue weighted by molar-refractivity contribution is -0.116. The Balaban J connectivity index is 2.65. The van der Waals surface area contributed by atoms with Gasteiger partial charge in [0.15, 0.2) is 0 Å². The summed E-state index contributed by atoms with van der Waals surface area (Å²) < 4.78 is 2.24. The predicted octanol–water partition coefficient (Wildman–Crippen LogP) is 3.63. The molecule has 0 saturated heterocycles. The molecule has 0 aliphatic heterocycles. The minimum absolute atomic E-state index is 0.260. The van der Waals surface area contributed by atoms with Gasteiger partial charge >= 0.3 is 0 Å². The van der Waals surface area contributed by atoms with Crippen LogP contribution in [0.4, 0.5) is 0 Å². The first kappa shape index (κ1) is 12.9. The molecule has 0 radical (unpaired) electrons. The van der Waals surface area contributed by atoms with Crippen molar-refractivity contribution in [2.24, 2.45) is 7.05 Å². The molecule has 1 aromatic carbocycles. The van der Waals surface area contributed by atoms with E-state index in [4.69, 9.17) is 0 Å². The Morgan fingerprint density at radius 1 is 1.22 bits per heavy atom. The van der Waals surface area contributed by atoms with Crippen LogP contribution in [0, 0.1) is 20.8 Å². The smallest absolute Gasteiger partial charge is 0.130 e. The van der Waals surface area contributed by atoms with Gasteiger partial charge in [0, 0.05) is 30.1 Å². The molecule has 0 unspecified atom stereocenters. The summed E-state index contributed by atoms with van der Waals surface area (Å²) in [5, 5.41) is 1.34. The van der Waals surface area contributed by atoms with Crippen molar-refractivity contribution in [3.05, 3.63) is 34.5 Å². The molecule has 1 heterocycles. The molecule has 0 aliphatic rings. The molecule has 0 aliphatic carbocycles. The van der Waals surface area contributed by atoms with Crippen LogP contribution in [-0.4, -0.2) is 10.4 Å². The molecule has 1 aromatic heterocycles. The van der Waals surface area contributed by atoms with E-state index in [0.29, 0.717) is 6.42 Å². The third-order valence-corrected chi connectivity index (χ3v) is 3.79. The minimum atomic E-state index is 0.260. The Hall–Kier alpha value is -1.57. The number of aromatic nitrogens is 1. The molecule has 18 heavy (non-hydrogen) atoms. The van der Waals surface area contributed by atoms with Crippen molar-refractivity contribution in [1.82, 2.24) is 4.57 Å².